The molecule has 2 N–H and O–H groups in total. The summed E-state index contributed by atoms with van der Waals surface area (Å²) >= 11 is 0. The van der Waals surface area contributed by atoms with Gasteiger partial charge in [0, 0.05) is 25.8 Å². The molecule has 1 aliphatic rings. The zero-order valence-corrected chi connectivity index (χ0v) is 11.6. The van der Waals surface area contributed by atoms with Crippen molar-refractivity contribution < 1.29 is 18.3 Å². The van der Waals surface area contributed by atoms with E-state index in [0.717, 1.165) is 5.69 Å². The third kappa shape index (κ3) is 3.06. The van der Waals surface area contributed by atoms with Crippen molar-refractivity contribution in [3.05, 3.63) is 24.3 Å². The van der Waals surface area contributed by atoms with Crippen LogP contribution in [0.25, 0.3) is 0 Å². The summed E-state index contributed by atoms with van der Waals surface area (Å²) in [6.07, 6.45) is -0.444. The van der Waals surface area contributed by atoms with Crippen LogP contribution >= 0.6 is 0 Å². The van der Waals surface area contributed by atoms with Gasteiger partial charge in [-0.25, -0.2) is 8.42 Å². The Labute approximate surface area is 113 Å². The molecule has 7 heteroatoms. The Morgan fingerprint density at radius 3 is 2.68 bits per heavy atom. The van der Waals surface area contributed by atoms with E-state index in [1.165, 1.54) is 4.31 Å². The van der Waals surface area contributed by atoms with Gasteiger partial charge in [0.1, 0.15) is 0 Å². The fourth-order valence-electron chi connectivity index (χ4n) is 1.96. The second-order valence-electron chi connectivity index (χ2n) is 4.31. The van der Waals surface area contributed by atoms with Gasteiger partial charge in [-0.2, -0.15) is 4.31 Å². The molecule has 1 aromatic carbocycles. The number of nitrogens with zero attached hydrogens (tertiary/aromatic N) is 1. The first-order valence-corrected chi connectivity index (χ1v) is 7.52. The van der Waals surface area contributed by atoms with E-state index in [4.69, 9.17) is 9.84 Å². The van der Waals surface area contributed by atoms with Crippen LogP contribution in [0, 0.1) is 0 Å². The first-order valence-electron chi connectivity index (χ1n) is 6.08. The highest BCUT2D eigenvalue weighted by molar-refractivity contribution is 7.89. The summed E-state index contributed by atoms with van der Waals surface area (Å²) in [7, 11) is -1.74. The highest BCUT2D eigenvalue weighted by Crippen LogP contribution is 2.20. The molecule has 19 heavy (non-hydrogen) atoms. The normalized spacial score (nSPS) is 21.3. The first-order chi connectivity index (χ1) is 9.07. The Hall–Kier alpha value is -1.15. The van der Waals surface area contributed by atoms with Gasteiger partial charge in [-0.1, -0.05) is 0 Å². The van der Waals surface area contributed by atoms with Crippen LogP contribution in [0.15, 0.2) is 29.2 Å². The molecule has 0 bridgehead atoms. The molecule has 2 rings (SSSR count). The van der Waals surface area contributed by atoms with Gasteiger partial charge in [0.25, 0.3) is 0 Å². The van der Waals surface area contributed by atoms with Gasteiger partial charge in [-0.3, -0.25) is 0 Å². The standard InChI is InChI=1S/C12H18N2O4S/c1-13-10-2-4-12(5-3-10)19(16,17)14-6-7-18-11(8-14)9-15/h2-5,11,13,15H,6-9H2,1H3. The molecule has 0 saturated carbocycles. The molecule has 106 valence electrons. The summed E-state index contributed by atoms with van der Waals surface area (Å²) < 4.78 is 31.4. The quantitative estimate of drug-likeness (QED) is 0.821. The highest BCUT2D eigenvalue weighted by atomic mass is 32.2. The van der Waals surface area contributed by atoms with Crippen molar-refractivity contribution in [2.75, 3.05) is 38.7 Å². The van der Waals surface area contributed by atoms with Crippen molar-refractivity contribution in [3.63, 3.8) is 0 Å². The van der Waals surface area contributed by atoms with Crippen molar-refractivity contribution in [2.24, 2.45) is 0 Å². The molecule has 1 aliphatic heterocycles. The minimum absolute atomic E-state index is 0.176. The van der Waals surface area contributed by atoms with Crippen LogP contribution < -0.4 is 5.32 Å². The van der Waals surface area contributed by atoms with Crippen LogP contribution in [0.1, 0.15) is 0 Å². The molecule has 0 aromatic heterocycles. The molecule has 0 spiro atoms. The molecular weight excluding hydrogens is 268 g/mol. The van der Waals surface area contributed by atoms with Gasteiger partial charge in [-0.05, 0) is 24.3 Å². The predicted molar refractivity (Wildman–Crippen MR) is 71.6 cm³/mol. The molecular formula is C12H18N2O4S. The number of rotatable bonds is 4. The average Bonchev–Trinajstić information content (AvgIpc) is 2.47. The van der Waals surface area contributed by atoms with Gasteiger partial charge in [0.2, 0.25) is 10.0 Å². The summed E-state index contributed by atoms with van der Waals surface area (Å²) in [6, 6.07) is 6.59. The topological polar surface area (TPSA) is 78.9 Å². The SMILES string of the molecule is CNc1ccc(S(=O)(=O)N2CCOC(CO)C2)cc1. The number of sulfonamides is 1. The van der Waals surface area contributed by atoms with Crippen LogP contribution in [0.3, 0.4) is 0 Å². The molecule has 1 atom stereocenters. The summed E-state index contributed by atoms with van der Waals surface area (Å²) in [4.78, 5) is 0.255. The molecule has 0 aliphatic carbocycles. The lowest BCUT2D eigenvalue weighted by Gasteiger charge is -2.31. The largest absolute Gasteiger partial charge is 0.394 e. The number of hydrogen-bond donors (Lipinski definition) is 2. The van der Waals surface area contributed by atoms with Crippen molar-refractivity contribution in [3.8, 4) is 0 Å². The van der Waals surface area contributed by atoms with E-state index in [1.54, 1.807) is 31.3 Å². The van der Waals surface area contributed by atoms with Gasteiger partial charge in [0.15, 0.2) is 0 Å². The lowest BCUT2D eigenvalue weighted by Crippen LogP contribution is -2.46. The van der Waals surface area contributed by atoms with Crippen molar-refractivity contribution in [1.82, 2.24) is 4.31 Å². The number of aliphatic hydroxyl groups excluding tert-OH is 1. The van der Waals surface area contributed by atoms with Crippen LogP contribution in [0.4, 0.5) is 5.69 Å². The third-order valence-corrected chi connectivity index (χ3v) is 4.97. The lowest BCUT2D eigenvalue weighted by atomic mass is 10.3. The molecule has 0 radical (unpaired) electrons. The van der Waals surface area contributed by atoms with E-state index in [0.29, 0.717) is 13.2 Å². The maximum atomic E-state index is 12.4. The number of morpholine rings is 1. The molecule has 1 unspecified atom stereocenters. The Balaban J connectivity index is 2.20. The molecule has 1 fully saturated rings. The number of anilines is 1. The summed E-state index contributed by atoms with van der Waals surface area (Å²) in [5, 5.41) is 12.0. The fraction of sp³-hybridized carbons (Fsp3) is 0.500. The summed E-state index contributed by atoms with van der Waals surface area (Å²) in [5.74, 6) is 0. The highest BCUT2D eigenvalue weighted by Gasteiger charge is 2.30. The summed E-state index contributed by atoms with van der Waals surface area (Å²) in [5.41, 5.74) is 0.856. The van der Waals surface area contributed by atoms with Crippen LogP contribution in [-0.2, 0) is 14.8 Å². The molecule has 1 aromatic rings. The predicted octanol–water partition coefficient (Wildman–Crippen LogP) is 0.110. The fourth-order valence-corrected chi connectivity index (χ4v) is 3.42. The maximum Gasteiger partial charge on any atom is 0.243 e. The van der Waals surface area contributed by atoms with Gasteiger partial charge in [0.05, 0.1) is 24.2 Å². The van der Waals surface area contributed by atoms with Crippen LogP contribution in [-0.4, -0.2) is 57.3 Å². The first kappa shape index (κ1) is 14.3. The average molecular weight is 286 g/mol. The third-order valence-electron chi connectivity index (χ3n) is 3.09. The van der Waals surface area contributed by atoms with E-state index in [1.807, 2.05) is 0 Å². The van der Waals surface area contributed by atoms with Crippen molar-refractivity contribution >= 4 is 15.7 Å². The number of benzene rings is 1. The molecule has 6 nitrogen and oxygen atoms in total. The lowest BCUT2D eigenvalue weighted by molar-refractivity contribution is -0.0304. The van der Waals surface area contributed by atoms with Crippen LogP contribution in [0.2, 0.25) is 0 Å². The Bertz CT molecular complexity index is 515. The van der Waals surface area contributed by atoms with E-state index >= 15 is 0 Å². The van der Waals surface area contributed by atoms with E-state index in [9.17, 15) is 8.42 Å². The number of aliphatic hydroxyl groups is 1. The van der Waals surface area contributed by atoms with Crippen LogP contribution in [0.5, 0.6) is 0 Å². The van der Waals surface area contributed by atoms with Gasteiger partial charge in [-0.15, -0.1) is 0 Å². The molecule has 1 saturated heterocycles. The minimum Gasteiger partial charge on any atom is -0.394 e. The zero-order valence-electron chi connectivity index (χ0n) is 10.7. The zero-order chi connectivity index (χ0) is 13.9. The van der Waals surface area contributed by atoms with Crippen molar-refractivity contribution in [2.45, 2.75) is 11.0 Å². The summed E-state index contributed by atoms with van der Waals surface area (Å²) in [6.45, 7) is 0.628. The Morgan fingerprint density at radius 2 is 2.11 bits per heavy atom. The molecule has 1 heterocycles. The molecule has 0 amide bonds. The minimum atomic E-state index is -3.52. The maximum absolute atomic E-state index is 12.4. The smallest absolute Gasteiger partial charge is 0.243 e. The number of hydrogen-bond acceptors (Lipinski definition) is 5. The van der Waals surface area contributed by atoms with Gasteiger partial charge >= 0.3 is 0 Å². The van der Waals surface area contributed by atoms with Crippen molar-refractivity contribution in [1.29, 1.82) is 0 Å². The Morgan fingerprint density at radius 1 is 1.42 bits per heavy atom. The Kier molecular flexibility index (Phi) is 4.41. The second kappa shape index (κ2) is 5.87. The van der Waals surface area contributed by atoms with E-state index in [2.05, 4.69) is 5.32 Å². The number of ether oxygens (including phenoxy) is 1. The second-order valence-corrected chi connectivity index (χ2v) is 6.25. The monoisotopic (exact) mass is 286 g/mol. The van der Waals surface area contributed by atoms with E-state index < -0.39 is 16.1 Å². The van der Waals surface area contributed by atoms with E-state index in [-0.39, 0.29) is 18.0 Å². The number of nitrogens with one attached hydrogen (secondary N) is 1. The van der Waals surface area contributed by atoms with Gasteiger partial charge < -0.3 is 15.2 Å².